The van der Waals surface area contributed by atoms with Crippen LogP contribution in [0.2, 0.25) is 0 Å². The summed E-state index contributed by atoms with van der Waals surface area (Å²) in [5.41, 5.74) is 20.8. The molecule has 0 bridgehead atoms. The minimum absolute atomic E-state index is 0.00794. The predicted molar refractivity (Wildman–Crippen MR) is 422 cm³/mol. The number of nitrogens with zero attached hydrogens (tertiary/aromatic N) is 1. The first-order valence-electron chi connectivity index (χ1n) is 37.8. The number of carbonyl (C=O) groups is 14. The van der Waals surface area contributed by atoms with E-state index in [-0.39, 0.29) is 69.4 Å². The lowest BCUT2D eigenvalue weighted by molar-refractivity contribution is -0.136. The second-order valence-electron chi connectivity index (χ2n) is 28.5. The van der Waals surface area contributed by atoms with Gasteiger partial charge in [0.1, 0.15) is 66.5 Å². The zero-order chi connectivity index (χ0) is 81.8. The zero-order valence-corrected chi connectivity index (χ0v) is 64.6. The second-order valence-corrected chi connectivity index (χ2v) is 29.5. The smallest absolute Gasteiger partial charge is 0.245 e. The van der Waals surface area contributed by atoms with Gasteiger partial charge in [0, 0.05) is 71.8 Å². The van der Waals surface area contributed by atoms with Crippen LogP contribution in [-0.2, 0) is 92.8 Å². The SMILES string of the molecule is CCCC[C@@H]1NC(=O)[C@H](Cc2c[nH]c3ccccc23)NC(=O)[C@H](CC(N)=O)NC(=O)[C@H](Cc2c[nH]cn2)NC(=O)CNC(=O)[C@H](CO)NC(=O)[C@H]([C@@H](C)CC)NC(=O)[C@H](Cc2ccc3ccccc3c2)NC(=O)CSC[C@@H](C(N)=O)NC(=O)[C@H](C(C)C)NC(=O)[C@H](Cc2c[nH]c3ccccc23)NC(=O)[C@H](CCCCN)NC1=O. The molecule has 0 unspecified atom stereocenters. The Balaban J connectivity index is 1.15. The normalized spacial score (nSPS) is 23.1. The molecule has 7 aromatic rings. The van der Waals surface area contributed by atoms with Crippen molar-refractivity contribution in [2.45, 2.75) is 178 Å². The van der Waals surface area contributed by atoms with Crippen LogP contribution in [0.25, 0.3) is 32.6 Å². The molecule has 4 heterocycles. The fraction of sp³-hybridized carbons (Fsp3) is 0.449. The molecule has 8 rings (SSSR count). The maximum atomic E-state index is 15.1. The van der Waals surface area contributed by atoms with Crippen molar-refractivity contribution >= 4 is 127 Å². The summed E-state index contributed by atoms with van der Waals surface area (Å²) in [6.45, 7) is 6.76. The maximum absolute atomic E-state index is 15.1. The fourth-order valence-electron chi connectivity index (χ4n) is 13.0. The number of hydrogen-bond donors (Lipinski definition) is 19. The van der Waals surface area contributed by atoms with Gasteiger partial charge in [-0.3, -0.25) is 67.1 Å². The molecule has 34 nitrogen and oxygen atoms in total. The van der Waals surface area contributed by atoms with E-state index in [0.29, 0.717) is 57.8 Å². The number of H-pyrrole nitrogens is 3. The van der Waals surface area contributed by atoms with E-state index in [2.05, 4.69) is 83.7 Å². The van der Waals surface area contributed by atoms with Crippen molar-refractivity contribution in [3.8, 4) is 0 Å². The summed E-state index contributed by atoms with van der Waals surface area (Å²) in [5, 5.41) is 45.2. The number of hydrogen-bond acceptors (Lipinski definition) is 18. The Kier molecular flexibility index (Phi) is 32.8. The summed E-state index contributed by atoms with van der Waals surface area (Å²) < 4.78 is 0. The highest BCUT2D eigenvalue weighted by molar-refractivity contribution is 8.00. The van der Waals surface area contributed by atoms with Crippen LogP contribution in [0.4, 0.5) is 0 Å². The summed E-state index contributed by atoms with van der Waals surface area (Å²) in [7, 11) is 0. The predicted octanol–water partition coefficient (Wildman–Crippen LogP) is -0.634. The minimum Gasteiger partial charge on any atom is -0.394 e. The number of aliphatic hydroxyl groups is 1. The Morgan fingerprint density at radius 3 is 1.58 bits per heavy atom. The molecule has 14 amide bonds. The number of imidazole rings is 1. The molecular weight excluding hydrogens is 1480 g/mol. The van der Waals surface area contributed by atoms with Crippen molar-refractivity contribution in [3.05, 3.63) is 138 Å². The van der Waals surface area contributed by atoms with E-state index in [1.54, 1.807) is 88.6 Å². The molecule has 113 heavy (non-hydrogen) atoms. The molecule has 0 spiro atoms. The number of unbranched alkanes of at least 4 members (excludes halogenated alkanes) is 2. The van der Waals surface area contributed by atoms with Crippen LogP contribution in [0.1, 0.15) is 108 Å². The molecule has 1 fully saturated rings. The molecule has 0 radical (unpaired) electrons. The summed E-state index contributed by atoms with van der Waals surface area (Å²) >= 11 is 0.873. The van der Waals surface area contributed by atoms with Gasteiger partial charge in [-0.25, -0.2) is 4.98 Å². The number of aromatic nitrogens is 4. The van der Waals surface area contributed by atoms with Gasteiger partial charge in [-0.2, -0.15) is 0 Å². The second kappa shape index (κ2) is 42.6. The molecule has 35 heteroatoms. The third kappa shape index (κ3) is 25.4. The van der Waals surface area contributed by atoms with Gasteiger partial charge in [0.15, 0.2) is 0 Å². The number of aromatic amines is 3. The molecule has 1 aliphatic rings. The van der Waals surface area contributed by atoms with Gasteiger partial charge in [-0.15, -0.1) is 11.8 Å². The minimum atomic E-state index is -1.85. The Morgan fingerprint density at radius 2 is 1.02 bits per heavy atom. The Morgan fingerprint density at radius 1 is 0.513 bits per heavy atom. The summed E-state index contributed by atoms with van der Waals surface area (Å²) in [5.74, 6) is -15.3. The molecule has 3 aromatic heterocycles. The van der Waals surface area contributed by atoms with Crippen LogP contribution in [0.15, 0.2) is 116 Å². The Hall–Kier alpha value is -11.7. The van der Waals surface area contributed by atoms with Gasteiger partial charge in [-0.1, -0.05) is 133 Å². The van der Waals surface area contributed by atoms with Crippen molar-refractivity contribution < 1.29 is 72.2 Å². The van der Waals surface area contributed by atoms with Crippen LogP contribution in [0.5, 0.6) is 0 Å². The summed E-state index contributed by atoms with van der Waals surface area (Å²) in [6.07, 6.45) is 5.97. The van der Waals surface area contributed by atoms with Crippen molar-refractivity contribution in [3.63, 3.8) is 0 Å². The molecule has 12 atom stereocenters. The number of primary amides is 2. The molecule has 0 aliphatic carbocycles. The van der Waals surface area contributed by atoms with E-state index >= 15 is 14.4 Å². The molecule has 22 N–H and O–H groups in total. The highest BCUT2D eigenvalue weighted by Gasteiger charge is 2.39. The number of aliphatic hydroxyl groups excluding tert-OH is 1. The largest absolute Gasteiger partial charge is 0.394 e. The number of nitrogens with two attached hydrogens (primary N) is 3. The average Bonchev–Trinajstić information content (AvgIpc) is 1.80. The maximum Gasteiger partial charge on any atom is 0.245 e. The molecule has 606 valence electrons. The monoisotopic (exact) mass is 1580 g/mol. The van der Waals surface area contributed by atoms with Crippen molar-refractivity contribution in [2.24, 2.45) is 29.0 Å². The highest BCUT2D eigenvalue weighted by Crippen LogP contribution is 2.24. The first kappa shape index (κ1) is 86.9. The van der Waals surface area contributed by atoms with E-state index < -0.39 is 186 Å². The van der Waals surface area contributed by atoms with E-state index in [9.17, 15) is 57.8 Å². The lowest BCUT2D eigenvalue weighted by atomic mass is 9.96. The number of nitrogens with one attached hydrogen (secondary N) is 15. The number of rotatable bonds is 22. The van der Waals surface area contributed by atoms with E-state index in [1.807, 2.05) is 49.4 Å². The van der Waals surface area contributed by atoms with Gasteiger partial charge in [0.05, 0.1) is 37.3 Å². The van der Waals surface area contributed by atoms with Crippen LogP contribution in [0.3, 0.4) is 0 Å². The molecule has 1 aliphatic heterocycles. The van der Waals surface area contributed by atoms with E-state index in [4.69, 9.17) is 17.2 Å². The van der Waals surface area contributed by atoms with Gasteiger partial charge in [0.25, 0.3) is 0 Å². The molecule has 0 saturated carbocycles. The van der Waals surface area contributed by atoms with Crippen LogP contribution < -0.4 is 81.0 Å². The van der Waals surface area contributed by atoms with Crippen LogP contribution >= 0.6 is 11.8 Å². The van der Waals surface area contributed by atoms with Gasteiger partial charge >= 0.3 is 0 Å². The highest BCUT2D eigenvalue weighted by atomic mass is 32.2. The van der Waals surface area contributed by atoms with Gasteiger partial charge in [0.2, 0.25) is 82.7 Å². The first-order chi connectivity index (χ1) is 54.2. The lowest BCUT2D eigenvalue weighted by Crippen LogP contribution is -2.61. The third-order valence-corrected chi connectivity index (χ3v) is 20.6. The van der Waals surface area contributed by atoms with Crippen LogP contribution in [0, 0.1) is 11.8 Å². The lowest BCUT2D eigenvalue weighted by Gasteiger charge is -2.29. The Bertz CT molecular complexity index is 4510. The average molecular weight is 1580 g/mol. The summed E-state index contributed by atoms with van der Waals surface area (Å²) in [6, 6.07) is 10.4. The molecule has 1 saturated heterocycles. The fourth-order valence-corrected chi connectivity index (χ4v) is 13.9. The topological polar surface area (TPSA) is 542 Å². The molecular formula is C78H103N19O15S. The van der Waals surface area contributed by atoms with E-state index in [0.717, 1.165) is 22.5 Å². The number of para-hydroxylation sites is 2. The zero-order valence-electron chi connectivity index (χ0n) is 63.7. The molecule has 4 aromatic carbocycles. The number of benzene rings is 4. The van der Waals surface area contributed by atoms with Gasteiger partial charge < -0.3 is 101 Å². The number of carbonyl (C=O) groups excluding carboxylic acids is 14. The van der Waals surface area contributed by atoms with Crippen molar-refractivity contribution in [1.29, 1.82) is 0 Å². The number of amides is 14. The van der Waals surface area contributed by atoms with Crippen molar-refractivity contribution in [2.75, 3.05) is 31.2 Å². The number of thioether (sulfide) groups is 1. The summed E-state index contributed by atoms with van der Waals surface area (Å²) in [4.78, 5) is 214. The standard InChI is InChI=1S/C78H103N19O15S/c1-6-8-21-54-70(104)89-55(24-15-16-27-79)71(105)91-58(31-48-35-84-53-23-14-12-20-51(48)53)76(110)96-66(42(3)4)77(111)95-62(68(81)102)39-113-40-65(101)88-56(29-44-25-26-45-17-9-10-18-46(45)28-44)75(109)97-67(43(5)7-2)78(112)94-61(38-98)69(103)85-37-64(100)87-59(32-49-36-82-41-86-49)73(107)93-60(33-63(80)99)74(108)92-57(72(106)90-54)30-47-34-83-52-22-13-11-19-50(47)52/h9-14,17-20,22-23,25-26,28,34-36,41-43,54-62,66-67,83-84,98H,6-8,15-16,21,24,27,29-33,37-40,79H2,1-5H3,(H2,80,99)(H2,81,102)(H,82,86)(H,85,103)(H,87,100)(H,88,101)(H,89,104)(H,90,106)(H,91,105)(H,92,108)(H,93,107)(H,94,112)(H,95,111)(H,96,110)(H,97,109)/t43-,54-,55-,56-,57-,58-,59-,60-,61-,62-,66-,67-/m0/s1. The van der Waals surface area contributed by atoms with Crippen LogP contribution in [-0.4, -0.2) is 205 Å². The van der Waals surface area contributed by atoms with E-state index in [1.165, 1.54) is 12.5 Å². The first-order valence-corrected chi connectivity index (χ1v) is 38.9. The number of fused-ring (bicyclic) bond motifs is 3. The van der Waals surface area contributed by atoms with Gasteiger partial charge in [-0.05, 0) is 83.7 Å². The third-order valence-electron chi connectivity index (χ3n) is 19.5. The Labute approximate surface area is 656 Å². The quantitative estimate of drug-likeness (QED) is 0.0376. The van der Waals surface area contributed by atoms with Crippen molar-refractivity contribution in [1.82, 2.24) is 83.7 Å².